The Morgan fingerprint density at radius 2 is 2.08 bits per heavy atom. The molecule has 0 unspecified atom stereocenters. The molecular weight excluding hydrogens is 348 g/mol. The van der Waals surface area contributed by atoms with Gasteiger partial charge in [0.1, 0.15) is 11.1 Å². The second-order valence-electron chi connectivity index (χ2n) is 5.99. The highest BCUT2D eigenvalue weighted by Gasteiger charge is 2.50. The lowest BCUT2D eigenvalue weighted by molar-refractivity contribution is -0.119. The minimum Gasteiger partial charge on any atom is -0.345 e. The van der Waals surface area contributed by atoms with Crippen LogP contribution in [0.5, 0.6) is 0 Å². The van der Waals surface area contributed by atoms with Crippen molar-refractivity contribution in [3.8, 4) is 17.2 Å². The molecule has 3 aromatic rings. The molecule has 6 heteroatoms. The summed E-state index contributed by atoms with van der Waals surface area (Å²) in [4.78, 5) is 19.6. The molecule has 2 aromatic heterocycles. The smallest absolute Gasteiger partial charge is 0.244 e. The average molecular weight is 367 g/mol. The first kappa shape index (κ1) is 18.0. The van der Waals surface area contributed by atoms with E-state index in [-0.39, 0.29) is 5.91 Å². The maximum Gasteiger partial charge on any atom is 0.244 e. The van der Waals surface area contributed by atoms with E-state index in [9.17, 15) is 4.79 Å². The maximum absolute atomic E-state index is 12.2. The van der Waals surface area contributed by atoms with Crippen LogP contribution in [-0.4, -0.2) is 15.9 Å². The number of amides is 1. The number of benzene rings is 1. The Kier molecular flexibility index (Phi) is 4.97. The van der Waals surface area contributed by atoms with Gasteiger partial charge in [-0.15, -0.1) is 0 Å². The minimum absolute atomic E-state index is 0.232. The summed E-state index contributed by atoms with van der Waals surface area (Å²) in [6, 6.07) is 11.5. The number of rotatable bonds is 3. The third-order valence-electron chi connectivity index (χ3n) is 4.33. The van der Waals surface area contributed by atoms with Gasteiger partial charge in [0.05, 0.1) is 11.1 Å². The number of carbonyl (C=O) groups excluding carboxylic acids is 1. The quantitative estimate of drug-likeness (QED) is 0.672. The molecule has 1 aliphatic carbocycles. The average Bonchev–Trinajstić information content (AvgIpc) is 3.41. The number of anilines is 1. The highest BCUT2D eigenvalue weighted by molar-refractivity contribution is 6.35. The Bertz CT molecular complexity index is 998. The van der Waals surface area contributed by atoms with E-state index in [0.717, 1.165) is 22.2 Å². The fourth-order valence-electron chi connectivity index (χ4n) is 2.67. The van der Waals surface area contributed by atoms with Crippen LogP contribution in [0.2, 0.25) is 5.02 Å². The lowest BCUT2D eigenvalue weighted by atomic mass is 10.1. The summed E-state index contributed by atoms with van der Waals surface area (Å²) in [5.41, 5.74) is 2.38. The molecule has 1 fully saturated rings. The number of hydrogen-bond donors (Lipinski definition) is 2. The van der Waals surface area contributed by atoms with Crippen molar-refractivity contribution in [2.45, 2.75) is 26.7 Å². The first-order valence-corrected chi connectivity index (χ1v) is 8.95. The van der Waals surface area contributed by atoms with Crippen molar-refractivity contribution < 1.29 is 4.79 Å². The number of nitrogens with one attached hydrogen (secondary N) is 2. The van der Waals surface area contributed by atoms with Gasteiger partial charge in [-0.25, -0.2) is 4.98 Å². The van der Waals surface area contributed by atoms with Crippen molar-refractivity contribution in [3.63, 3.8) is 0 Å². The normalized spacial score (nSPS) is 14.1. The number of aromatic amines is 1. The van der Waals surface area contributed by atoms with Gasteiger partial charge in [0.15, 0.2) is 0 Å². The first-order valence-electron chi connectivity index (χ1n) is 8.57. The Balaban J connectivity index is 0.000000948. The second-order valence-corrected chi connectivity index (χ2v) is 6.39. The lowest BCUT2D eigenvalue weighted by Crippen LogP contribution is -2.22. The zero-order valence-electron chi connectivity index (χ0n) is 14.6. The van der Waals surface area contributed by atoms with E-state index >= 15 is 0 Å². The fraction of sp³-hybridized carbons (Fsp3) is 0.250. The van der Waals surface area contributed by atoms with Crippen molar-refractivity contribution >= 4 is 34.2 Å². The van der Waals surface area contributed by atoms with E-state index in [1.807, 2.05) is 44.2 Å². The lowest BCUT2D eigenvalue weighted by Gasteiger charge is -2.10. The Hall–Kier alpha value is -2.84. The molecule has 0 aliphatic heterocycles. The summed E-state index contributed by atoms with van der Waals surface area (Å²) in [5.74, 6) is -0.232. The Morgan fingerprint density at radius 3 is 2.77 bits per heavy atom. The number of aromatic nitrogens is 2. The molecule has 5 nitrogen and oxygen atoms in total. The number of halogens is 1. The zero-order chi connectivity index (χ0) is 18.7. The van der Waals surface area contributed by atoms with Gasteiger partial charge in [-0.2, -0.15) is 5.26 Å². The summed E-state index contributed by atoms with van der Waals surface area (Å²) in [7, 11) is 0. The van der Waals surface area contributed by atoms with E-state index in [1.165, 1.54) is 0 Å². The van der Waals surface area contributed by atoms with Gasteiger partial charge in [-0.05, 0) is 36.6 Å². The van der Waals surface area contributed by atoms with Crippen LogP contribution in [0.15, 0.2) is 42.7 Å². The van der Waals surface area contributed by atoms with Crippen LogP contribution in [0, 0.1) is 16.7 Å². The van der Waals surface area contributed by atoms with E-state index in [2.05, 4.69) is 21.4 Å². The molecule has 4 rings (SSSR count). The number of pyridine rings is 1. The van der Waals surface area contributed by atoms with Crippen LogP contribution in [-0.2, 0) is 4.79 Å². The van der Waals surface area contributed by atoms with Crippen molar-refractivity contribution in [1.82, 2.24) is 9.97 Å². The number of carbonyl (C=O) groups is 1. The molecule has 0 radical (unpaired) electrons. The summed E-state index contributed by atoms with van der Waals surface area (Å²) in [6.07, 6.45) is 4.72. The molecule has 0 spiro atoms. The SMILES string of the molecule is CC.N#CC1(C(=O)Nc2cccc(-c3cnc4[nH]cc(Cl)c4c3)c2)CC1. The van der Waals surface area contributed by atoms with Gasteiger partial charge >= 0.3 is 0 Å². The first-order chi connectivity index (χ1) is 12.6. The van der Waals surface area contributed by atoms with Crippen molar-refractivity contribution in [1.29, 1.82) is 5.26 Å². The molecule has 2 heterocycles. The highest BCUT2D eigenvalue weighted by atomic mass is 35.5. The third-order valence-corrected chi connectivity index (χ3v) is 4.65. The molecule has 0 saturated heterocycles. The Labute approximate surface area is 157 Å². The number of H-pyrrole nitrogens is 1. The monoisotopic (exact) mass is 366 g/mol. The summed E-state index contributed by atoms with van der Waals surface area (Å²) >= 11 is 6.15. The predicted molar refractivity (Wildman–Crippen MR) is 104 cm³/mol. The van der Waals surface area contributed by atoms with Gasteiger partial charge in [0, 0.05) is 29.0 Å². The van der Waals surface area contributed by atoms with Crippen LogP contribution < -0.4 is 5.32 Å². The summed E-state index contributed by atoms with van der Waals surface area (Å²) in [6.45, 7) is 4.00. The van der Waals surface area contributed by atoms with Crippen molar-refractivity contribution in [2.75, 3.05) is 5.32 Å². The van der Waals surface area contributed by atoms with E-state index < -0.39 is 5.41 Å². The van der Waals surface area contributed by atoms with Gasteiger partial charge in [0.25, 0.3) is 0 Å². The summed E-state index contributed by atoms with van der Waals surface area (Å²) < 4.78 is 0. The van der Waals surface area contributed by atoms with Crippen molar-refractivity contribution in [3.05, 3.63) is 47.7 Å². The molecular formula is C20H19ClN4O. The van der Waals surface area contributed by atoms with Crippen LogP contribution in [0.25, 0.3) is 22.2 Å². The molecule has 1 saturated carbocycles. The molecule has 132 valence electrons. The van der Waals surface area contributed by atoms with Crippen LogP contribution in [0.4, 0.5) is 5.69 Å². The maximum atomic E-state index is 12.2. The summed E-state index contributed by atoms with van der Waals surface area (Å²) in [5, 5.41) is 13.4. The number of nitrogens with zero attached hydrogens (tertiary/aromatic N) is 2. The van der Waals surface area contributed by atoms with E-state index in [4.69, 9.17) is 16.9 Å². The molecule has 1 aromatic carbocycles. The van der Waals surface area contributed by atoms with E-state index in [1.54, 1.807) is 12.4 Å². The zero-order valence-corrected chi connectivity index (χ0v) is 15.4. The minimum atomic E-state index is -0.838. The topological polar surface area (TPSA) is 81.6 Å². The number of nitriles is 1. The predicted octanol–water partition coefficient (Wildman–Crippen LogP) is 5.15. The van der Waals surface area contributed by atoms with Gasteiger partial charge in [-0.1, -0.05) is 37.6 Å². The largest absolute Gasteiger partial charge is 0.345 e. The third kappa shape index (κ3) is 3.29. The standard InChI is InChI=1S/C18H13ClN4O.C2H6/c19-15-9-22-16-14(15)7-12(8-21-16)11-2-1-3-13(6-11)23-17(24)18(10-20)4-5-18;1-2/h1-3,6-9H,4-5H2,(H,21,22)(H,23,24);1-2H3. The van der Waals surface area contributed by atoms with Crippen LogP contribution in [0.1, 0.15) is 26.7 Å². The fourth-order valence-corrected chi connectivity index (χ4v) is 2.87. The van der Waals surface area contributed by atoms with Crippen LogP contribution >= 0.6 is 11.6 Å². The highest BCUT2D eigenvalue weighted by Crippen LogP contribution is 2.45. The van der Waals surface area contributed by atoms with Gasteiger partial charge < -0.3 is 10.3 Å². The van der Waals surface area contributed by atoms with Crippen molar-refractivity contribution in [2.24, 2.45) is 5.41 Å². The molecule has 0 bridgehead atoms. The molecule has 0 atom stereocenters. The van der Waals surface area contributed by atoms with Crippen LogP contribution in [0.3, 0.4) is 0 Å². The van der Waals surface area contributed by atoms with Gasteiger partial charge in [-0.3, -0.25) is 4.79 Å². The second kappa shape index (κ2) is 7.19. The Morgan fingerprint density at radius 1 is 1.31 bits per heavy atom. The van der Waals surface area contributed by atoms with E-state index in [0.29, 0.717) is 23.6 Å². The molecule has 2 N–H and O–H groups in total. The molecule has 1 aliphatic rings. The number of fused-ring (bicyclic) bond motifs is 1. The number of hydrogen-bond acceptors (Lipinski definition) is 3. The van der Waals surface area contributed by atoms with Gasteiger partial charge in [0.2, 0.25) is 5.91 Å². The molecule has 1 amide bonds. The molecule has 26 heavy (non-hydrogen) atoms.